The van der Waals surface area contributed by atoms with Gasteiger partial charge in [0, 0.05) is 6.54 Å². The molecule has 7 heteroatoms. The van der Waals surface area contributed by atoms with Crippen molar-refractivity contribution < 1.29 is 4.79 Å². The van der Waals surface area contributed by atoms with E-state index in [2.05, 4.69) is 54.1 Å². The van der Waals surface area contributed by atoms with E-state index in [0.717, 1.165) is 57.0 Å². The van der Waals surface area contributed by atoms with E-state index in [-0.39, 0.29) is 11.8 Å². The molecule has 3 saturated carbocycles. The fraction of sp³-hybridized carbons (Fsp3) is 0.806. The van der Waals surface area contributed by atoms with Crippen LogP contribution in [-0.4, -0.2) is 45.1 Å². The zero-order valence-electron chi connectivity index (χ0n) is 28.2. The summed E-state index contributed by atoms with van der Waals surface area (Å²) in [5.74, 6) is 2.43. The fourth-order valence-electron chi connectivity index (χ4n) is 6.22. The highest BCUT2D eigenvalue weighted by atomic mass is 32.1. The molecule has 2 unspecified atom stereocenters. The van der Waals surface area contributed by atoms with Crippen LogP contribution in [0.15, 0.2) is 34.8 Å². The van der Waals surface area contributed by atoms with Crippen LogP contribution in [0, 0.1) is 17.8 Å². The average molecular weight is 620 g/mol. The van der Waals surface area contributed by atoms with Gasteiger partial charge in [-0.1, -0.05) is 101 Å². The van der Waals surface area contributed by atoms with E-state index in [9.17, 15) is 4.79 Å². The lowest BCUT2D eigenvalue weighted by atomic mass is 9.83. The standard InChI is InChI=1S/C16H24N2OS.C7H14.C6H14N2.C6H12.CH5N/c1-11-6-7-13(10-20)8-15(11)9-17-18-16(12(2)19)14-4-3-5-14;1-7-5-3-2-4-6-7;7-5-6-1-3-8-4-2-6;1-2-4-6-5-3-1;1-2/h4,10,15-18,20H,1,3,5-9H2,2H3;7H,2-6H2,1H3;6,8H,1-5,7H2;1-6H2;2H2,1H3/b13-10+;;;;. The third-order valence-corrected chi connectivity index (χ3v) is 9.80. The van der Waals surface area contributed by atoms with E-state index in [0.29, 0.717) is 5.92 Å². The highest BCUT2D eigenvalue weighted by Gasteiger charge is 2.24. The number of allylic oxidation sites excluding steroid dienone is 2. The Morgan fingerprint density at radius 2 is 1.56 bits per heavy atom. The summed E-state index contributed by atoms with van der Waals surface area (Å²) in [6.07, 6.45) is 26.4. The minimum absolute atomic E-state index is 0.166. The van der Waals surface area contributed by atoms with Gasteiger partial charge in [-0.3, -0.25) is 10.2 Å². The highest BCUT2D eigenvalue weighted by Crippen LogP contribution is 2.32. The van der Waals surface area contributed by atoms with Crippen molar-refractivity contribution in [1.82, 2.24) is 16.2 Å². The highest BCUT2D eigenvalue weighted by molar-refractivity contribution is 7.83. The van der Waals surface area contributed by atoms with Gasteiger partial charge in [0.15, 0.2) is 5.78 Å². The van der Waals surface area contributed by atoms with Crippen LogP contribution in [0.1, 0.15) is 129 Å². The average Bonchev–Trinajstić information content (AvgIpc) is 3.04. The number of piperidine rings is 1. The Hall–Kier alpha value is -0.960. The molecule has 0 aromatic heterocycles. The third-order valence-electron chi connectivity index (χ3n) is 9.43. The number of hydrogen-bond acceptors (Lipinski definition) is 7. The first-order chi connectivity index (χ1) is 20.9. The maximum absolute atomic E-state index is 11.6. The molecule has 250 valence electrons. The van der Waals surface area contributed by atoms with E-state index in [1.54, 1.807) is 6.92 Å². The van der Waals surface area contributed by atoms with Gasteiger partial charge in [0.25, 0.3) is 0 Å². The van der Waals surface area contributed by atoms with Crippen LogP contribution in [0.2, 0.25) is 0 Å². The minimum Gasteiger partial charge on any atom is -0.333 e. The van der Waals surface area contributed by atoms with Crippen LogP contribution in [0.5, 0.6) is 0 Å². The summed E-state index contributed by atoms with van der Waals surface area (Å²) in [7, 11) is 1.50. The van der Waals surface area contributed by atoms with Crippen LogP contribution in [0.25, 0.3) is 0 Å². The smallest absolute Gasteiger partial charge is 0.152 e. The van der Waals surface area contributed by atoms with Gasteiger partial charge in [-0.25, -0.2) is 5.43 Å². The van der Waals surface area contributed by atoms with Gasteiger partial charge in [-0.05, 0) is 107 Å². The predicted molar refractivity (Wildman–Crippen MR) is 191 cm³/mol. The molecule has 4 fully saturated rings. The molecule has 5 rings (SSSR count). The summed E-state index contributed by atoms with van der Waals surface area (Å²) in [5.41, 5.74) is 20.3. The molecule has 1 saturated heterocycles. The summed E-state index contributed by atoms with van der Waals surface area (Å²) < 4.78 is 0. The summed E-state index contributed by atoms with van der Waals surface area (Å²) in [4.78, 5) is 11.6. The molecule has 1 heterocycles. The van der Waals surface area contributed by atoms with Crippen molar-refractivity contribution in [3.05, 3.63) is 34.8 Å². The summed E-state index contributed by atoms with van der Waals surface area (Å²) in [6, 6.07) is -0.166. The molecule has 0 radical (unpaired) electrons. The first kappa shape index (κ1) is 40.1. The van der Waals surface area contributed by atoms with E-state index in [4.69, 9.17) is 5.73 Å². The number of carbonyl (C=O) groups is 1. The molecule has 7 N–H and O–H groups in total. The number of thiol groups is 1. The van der Waals surface area contributed by atoms with Gasteiger partial charge in [-0.15, -0.1) is 0 Å². The second kappa shape index (κ2) is 26.3. The largest absolute Gasteiger partial charge is 0.333 e. The lowest BCUT2D eigenvalue weighted by Gasteiger charge is -2.29. The van der Waals surface area contributed by atoms with E-state index < -0.39 is 0 Å². The van der Waals surface area contributed by atoms with Crippen LogP contribution in [-0.2, 0) is 4.79 Å². The van der Waals surface area contributed by atoms with Crippen molar-refractivity contribution in [3.63, 3.8) is 0 Å². The Labute approximate surface area is 271 Å². The normalized spacial score (nSPS) is 24.1. The number of nitrogens with two attached hydrogens (primary N) is 2. The van der Waals surface area contributed by atoms with Crippen LogP contribution in [0.4, 0.5) is 0 Å². The SMILES string of the molecule is C1CCCCC1.C=C1CC/C(=C\S)CC1CNNC(C(C)=O)C1=CCC1.CC1CCCCC1.CN.NCC1CCNCC1. The van der Waals surface area contributed by atoms with Gasteiger partial charge in [0.1, 0.15) is 6.04 Å². The monoisotopic (exact) mass is 620 g/mol. The number of Topliss-reactive ketones (excluding diaryl/α,β-unsaturated/α-hetero) is 1. The molecule has 0 aromatic carbocycles. The predicted octanol–water partition coefficient (Wildman–Crippen LogP) is 7.38. The van der Waals surface area contributed by atoms with Crippen LogP contribution >= 0.6 is 12.6 Å². The second-order valence-electron chi connectivity index (χ2n) is 13.0. The summed E-state index contributed by atoms with van der Waals surface area (Å²) in [6.45, 7) is 12.2. The van der Waals surface area contributed by atoms with E-state index in [1.165, 1.54) is 120 Å². The maximum atomic E-state index is 11.6. The zero-order valence-corrected chi connectivity index (χ0v) is 29.1. The lowest BCUT2D eigenvalue weighted by Crippen LogP contribution is -2.48. The molecule has 2 atom stereocenters. The summed E-state index contributed by atoms with van der Waals surface area (Å²) in [5, 5.41) is 5.21. The van der Waals surface area contributed by atoms with Crippen LogP contribution < -0.4 is 27.6 Å². The Bertz CT molecular complexity index is 771. The number of carbonyl (C=O) groups excluding carboxylic acids is 1. The molecule has 43 heavy (non-hydrogen) atoms. The van der Waals surface area contributed by atoms with Gasteiger partial charge in [0.05, 0.1) is 0 Å². The molecule has 6 nitrogen and oxygen atoms in total. The molecule has 0 bridgehead atoms. The third kappa shape index (κ3) is 18.6. The Kier molecular flexibility index (Phi) is 24.5. The molecular formula is C36H69N5OS. The fourth-order valence-corrected chi connectivity index (χ4v) is 6.45. The minimum atomic E-state index is -0.166. The molecule has 5 aliphatic rings. The lowest BCUT2D eigenvalue weighted by molar-refractivity contribution is -0.118. The number of hydrogen-bond donors (Lipinski definition) is 6. The molecular weight excluding hydrogens is 550 g/mol. The van der Waals surface area contributed by atoms with E-state index in [1.807, 2.05) is 5.41 Å². The van der Waals surface area contributed by atoms with Gasteiger partial charge >= 0.3 is 0 Å². The number of rotatable bonds is 7. The number of ketones is 1. The van der Waals surface area contributed by atoms with Crippen molar-refractivity contribution >= 4 is 18.4 Å². The van der Waals surface area contributed by atoms with E-state index >= 15 is 0 Å². The van der Waals surface area contributed by atoms with Crippen LogP contribution in [0.3, 0.4) is 0 Å². The molecule has 1 aliphatic heterocycles. The molecule has 0 spiro atoms. The first-order valence-electron chi connectivity index (χ1n) is 17.6. The maximum Gasteiger partial charge on any atom is 0.152 e. The van der Waals surface area contributed by atoms with Crippen molar-refractivity contribution in [2.75, 3.05) is 33.2 Å². The Balaban J connectivity index is 0.000000327. The Morgan fingerprint density at radius 3 is 1.95 bits per heavy atom. The van der Waals surface area contributed by atoms with Gasteiger partial charge in [-0.2, -0.15) is 12.6 Å². The molecule has 0 aromatic rings. The van der Waals surface area contributed by atoms with Crippen molar-refractivity contribution in [2.45, 2.75) is 135 Å². The molecule has 4 aliphatic carbocycles. The quantitative estimate of drug-likeness (QED) is 0.101. The Morgan fingerprint density at radius 1 is 1.00 bits per heavy atom. The summed E-state index contributed by atoms with van der Waals surface area (Å²) >= 11 is 4.25. The van der Waals surface area contributed by atoms with Crippen molar-refractivity contribution in [1.29, 1.82) is 0 Å². The second-order valence-corrected chi connectivity index (χ2v) is 13.3. The zero-order chi connectivity index (χ0) is 31.7. The van der Waals surface area contributed by atoms with Gasteiger partial charge < -0.3 is 16.8 Å². The van der Waals surface area contributed by atoms with Crippen molar-refractivity contribution in [3.8, 4) is 0 Å². The molecule has 0 amide bonds. The number of nitrogens with one attached hydrogen (secondary N) is 3. The van der Waals surface area contributed by atoms with Gasteiger partial charge in [0.2, 0.25) is 0 Å². The topological polar surface area (TPSA) is 105 Å². The first-order valence-corrected chi connectivity index (χ1v) is 18.1. The van der Waals surface area contributed by atoms with Crippen molar-refractivity contribution in [2.24, 2.45) is 29.2 Å². The number of hydrazine groups is 1.